The first-order valence-electron chi connectivity index (χ1n) is 7.78. The van der Waals surface area contributed by atoms with Crippen LogP contribution in [0.3, 0.4) is 0 Å². The van der Waals surface area contributed by atoms with Gasteiger partial charge in [-0.1, -0.05) is 18.2 Å². The zero-order valence-corrected chi connectivity index (χ0v) is 14.4. The van der Waals surface area contributed by atoms with Crippen molar-refractivity contribution in [3.05, 3.63) is 29.8 Å². The van der Waals surface area contributed by atoms with E-state index in [0.717, 1.165) is 30.4 Å². The number of aryl methyl sites for hydroxylation is 1. The summed E-state index contributed by atoms with van der Waals surface area (Å²) in [5, 5.41) is 0. The second-order valence-electron chi connectivity index (χ2n) is 5.93. The smallest absolute Gasteiger partial charge is 0.226 e. The van der Waals surface area contributed by atoms with Crippen LogP contribution in [0, 0.1) is 6.92 Å². The Balaban J connectivity index is 1.80. The number of amides is 1. The molecule has 0 bridgehead atoms. The summed E-state index contributed by atoms with van der Waals surface area (Å²) < 4.78 is 30.8. The monoisotopic (exact) mass is 340 g/mol. The molecule has 23 heavy (non-hydrogen) atoms. The van der Waals surface area contributed by atoms with Crippen LogP contribution in [0.5, 0.6) is 5.75 Å². The number of ether oxygens (including phenoxy) is 1. The van der Waals surface area contributed by atoms with E-state index in [1.807, 2.05) is 31.2 Å². The number of nitrogens with zero attached hydrogens (tertiary/aromatic N) is 1. The van der Waals surface area contributed by atoms with Gasteiger partial charge in [-0.3, -0.25) is 4.79 Å². The molecule has 1 N–H and O–H groups in total. The molecule has 0 aromatic heterocycles. The Morgan fingerprint density at radius 1 is 1.39 bits per heavy atom. The van der Waals surface area contributed by atoms with E-state index in [2.05, 4.69) is 4.72 Å². The van der Waals surface area contributed by atoms with Gasteiger partial charge in [0.05, 0.1) is 19.3 Å². The molecule has 7 heteroatoms. The molecule has 6 nitrogen and oxygen atoms in total. The quantitative estimate of drug-likeness (QED) is 0.847. The van der Waals surface area contributed by atoms with Crippen LogP contribution in [0.1, 0.15) is 24.8 Å². The van der Waals surface area contributed by atoms with Crippen LogP contribution in [0.15, 0.2) is 24.3 Å². The lowest BCUT2D eigenvalue weighted by atomic mass is 10.1. The topological polar surface area (TPSA) is 75.7 Å². The molecule has 1 amide bonds. The van der Waals surface area contributed by atoms with Crippen molar-refractivity contribution in [3.63, 3.8) is 0 Å². The predicted molar refractivity (Wildman–Crippen MR) is 88.9 cm³/mol. The highest BCUT2D eigenvalue weighted by atomic mass is 32.2. The fraction of sp³-hybridized carbons (Fsp3) is 0.562. The minimum absolute atomic E-state index is 0.00131. The van der Waals surface area contributed by atoms with Crippen LogP contribution in [0.2, 0.25) is 0 Å². The molecule has 0 radical (unpaired) electrons. The molecule has 0 spiro atoms. The molecule has 1 aromatic carbocycles. The molecule has 128 valence electrons. The van der Waals surface area contributed by atoms with E-state index in [4.69, 9.17) is 4.74 Å². The van der Waals surface area contributed by atoms with Gasteiger partial charge in [0.15, 0.2) is 0 Å². The fourth-order valence-electron chi connectivity index (χ4n) is 2.73. The van der Waals surface area contributed by atoms with Gasteiger partial charge < -0.3 is 9.64 Å². The molecular formula is C16H24N2O4S. The van der Waals surface area contributed by atoms with Crippen LogP contribution in [-0.2, 0) is 14.8 Å². The van der Waals surface area contributed by atoms with Crippen LogP contribution in [0.4, 0.5) is 0 Å². The van der Waals surface area contributed by atoms with Crippen molar-refractivity contribution < 1.29 is 17.9 Å². The SMILES string of the molecule is Cc1ccccc1OCCC(=O)N1CCCC(NS(C)(=O)=O)C1. The minimum atomic E-state index is -3.24. The van der Waals surface area contributed by atoms with E-state index >= 15 is 0 Å². The molecule has 1 saturated heterocycles. The van der Waals surface area contributed by atoms with Gasteiger partial charge in [0, 0.05) is 19.1 Å². The maximum absolute atomic E-state index is 12.3. The highest BCUT2D eigenvalue weighted by Crippen LogP contribution is 2.17. The van der Waals surface area contributed by atoms with E-state index < -0.39 is 10.0 Å². The van der Waals surface area contributed by atoms with Gasteiger partial charge in [0.25, 0.3) is 0 Å². The van der Waals surface area contributed by atoms with Crippen molar-refractivity contribution in [2.24, 2.45) is 0 Å². The van der Waals surface area contributed by atoms with Crippen molar-refractivity contribution in [1.82, 2.24) is 9.62 Å². The number of sulfonamides is 1. The minimum Gasteiger partial charge on any atom is -0.493 e. The third-order valence-corrected chi connectivity index (χ3v) is 4.58. The predicted octanol–water partition coefficient (Wildman–Crippen LogP) is 1.30. The van der Waals surface area contributed by atoms with Gasteiger partial charge in [0.1, 0.15) is 5.75 Å². The Morgan fingerprint density at radius 3 is 2.83 bits per heavy atom. The lowest BCUT2D eigenvalue weighted by Crippen LogP contribution is -2.49. The summed E-state index contributed by atoms with van der Waals surface area (Å²) in [5.41, 5.74) is 1.04. The molecule has 1 aliphatic rings. The third-order valence-electron chi connectivity index (χ3n) is 3.82. The molecule has 1 aliphatic heterocycles. The number of piperidine rings is 1. The standard InChI is InChI=1S/C16H24N2O4S/c1-13-6-3-4-8-15(13)22-11-9-16(19)18-10-5-7-14(12-18)17-23(2,20)21/h3-4,6,8,14,17H,5,7,9-12H2,1-2H3. The maximum atomic E-state index is 12.3. The van der Waals surface area contributed by atoms with Crippen LogP contribution in [0.25, 0.3) is 0 Å². The maximum Gasteiger partial charge on any atom is 0.226 e. The first-order valence-corrected chi connectivity index (χ1v) is 9.68. The summed E-state index contributed by atoms with van der Waals surface area (Å²) >= 11 is 0. The van der Waals surface area contributed by atoms with Crippen LogP contribution < -0.4 is 9.46 Å². The van der Waals surface area contributed by atoms with Crippen molar-refractivity contribution in [2.75, 3.05) is 26.0 Å². The number of rotatable bonds is 6. The summed E-state index contributed by atoms with van der Waals surface area (Å²) in [6.45, 7) is 3.38. The normalized spacial score (nSPS) is 18.7. The van der Waals surface area contributed by atoms with Gasteiger partial charge >= 0.3 is 0 Å². The number of nitrogens with one attached hydrogen (secondary N) is 1. The van der Waals surface area contributed by atoms with E-state index in [0.29, 0.717) is 26.1 Å². The molecule has 1 heterocycles. The lowest BCUT2D eigenvalue weighted by Gasteiger charge is -2.32. The van der Waals surface area contributed by atoms with Gasteiger partial charge in [-0.05, 0) is 31.4 Å². The van der Waals surface area contributed by atoms with Crippen molar-refractivity contribution >= 4 is 15.9 Å². The number of carbonyl (C=O) groups excluding carboxylic acids is 1. The average molecular weight is 340 g/mol. The highest BCUT2D eigenvalue weighted by molar-refractivity contribution is 7.88. The summed E-state index contributed by atoms with van der Waals surface area (Å²) in [4.78, 5) is 14.0. The first kappa shape index (κ1) is 17.7. The molecule has 1 unspecified atom stereocenters. The fourth-order valence-corrected chi connectivity index (χ4v) is 3.53. The number of hydrogen-bond donors (Lipinski definition) is 1. The van der Waals surface area contributed by atoms with Gasteiger partial charge in [0.2, 0.25) is 15.9 Å². The van der Waals surface area contributed by atoms with E-state index in [1.54, 1.807) is 4.90 Å². The number of carbonyl (C=O) groups is 1. The number of hydrogen-bond acceptors (Lipinski definition) is 4. The lowest BCUT2D eigenvalue weighted by molar-refractivity contribution is -0.133. The zero-order chi connectivity index (χ0) is 16.9. The van der Waals surface area contributed by atoms with Crippen molar-refractivity contribution in [1.29, 1.82) is 0 Å². The summed E-state index contributed by atoms with van der Waals surface area (Å²) in [7, 11) is -3.24. The van der Waals surface area contributed by atoms with E-state index in [1.165, 1.54) is 0 Å². The van der Waals surface area contributed by atoms with Gasteiger partial charge in [-0.25, -0.2) is 13.1 Å². The molecule has 0 aliphatic carbocycles. The number of likely N-dealkylation sites (tertiary alicyclic amines) is 1. The molecule has 1 aromatic rings. The second kappa shape index (κ2) is 7.79. The first-order chi connectivity index (χ1) is 10.8. The zero-order valence-electron chi connectivity index (χ0n) is 13.6. The Labute approximate surface area is 137 Å². The summed E-state index contributed by atoms with van der Waals surface area (Å²) in [6.07, 6.45) is 3.00. The Morgan fingerprint density at radius 2 is 2.13 bits per heavy atom. The van der Waals surface area contributed by atoms with Crippen LogP contribution >= 0.6 is 0 Å². The summed E-state index contributed by atoms with van der Waals surface area (Å²) in [5.74, 6) is 0.786. The largest absolute Gasteiger partial charge is 0.493 e. The van der Waals surface area contributed by atoms with Gasteiger partial charge in [-0.2, -0.15) is 0 Å². The third kappa shape index (κ3) is 5.84. The Bertz CT molecular complexity index is 645. The Kier molecular flexibility index (Phi) is 6.01. The molecule has 0 saturated carbocycles. The summed E-state index contributed by atoms with van der Waals surface area (Å²) in [6, 6.07) is 7.49. The average Bonchev–Trinajstić information content (AvgIpc) is 2.47. The van der Waals surface area contributed by atoms with Crippen molar-refractivity contribution in [3.8, 4) is 5.75 Å². The molecule has 1 atom stereocenters. The van der Waals surface area contributed by atoms with E-state index in [9.17, 15) is 13.2 Å². The van der Waals surface area contributed by atoms with Crippen molar-refractivity contribution in [2.45, 2.75) is 32.2 Å². The molecule has 1 fully saturated rings. The number of para-hydroxylation sites is 1. The molecule has 2 rings (SSSR count). The van der Waals surface area contributed by atoms with Gasteiger partial charge in [-0.15, -0.1) is 0 Å². The molecular weight excluding hydrogens is 316 g/mol. The second-order valence-corrected chi connectivity index (χ2v) is 7.71. The highest BCUT2D eigenvalue weighted by Gasteiger charge is 2.25. The van der Waals surface area contributed by atoms with E-state index in [-0.39, 0.29) is 11.9 Å². The Hall–Kier alpha value is -1.60. The van der Waals surface area contributed by atoms with Crippen LogP contribution in [-0.4, -0.2) is 51.2 Å². The number of benzene rings is 1.